The van der Waals surface area contributed by atoms with E-state index < -0.39 is 80.3 Å². The predicted octanol–water partition coefficient (Wildman–Crippen LogP) is 11.6. The molecule has 0 atom stereocenters. The highest BCUT2D eigenvalue weighted by Crippen LogP contribution is 2.22. The molecule has 0 heterocycles. The molecule has 0 rings (SSSR count). The molecule has 0 spiro atoms. The average Bonchev–Trinajstić information content (AvgIpc) is 3.22. The van der Waals surface area contributed by atoms with Gasteiger partial charge in [-0.1, -0.05) is 19.3 Å². The van der Waals surface area contributed by atoms with Crippen molar-refractivity contribution >= 4 is 46.7 Å². The van der Waals surface area contributed by atoms with Crippen molar-refractivity contribution in [2.75, 3.05) is 92.4 Å². The number of hydrogen-bond acceptors (Lipinski definition) is 15. The highest BCUT2D eigenvalue weighted by atomic mass is 32.2. The van der Waals surface area contributed by atoms with Crippen molar-refractivity contribution in [2.45, 2.75) is 229 Å². The lowest BCUT2D eigenvalue weighted by atomic mass is 9.99. The molecule has 0 aromatic heterocycles. The summed E-state index contributed by atoms with van der Waals surface area (Å²) in [5.41, 5.74) is -4.43. The molecule has 22 heteroatoms. The molecule has 0 aromatic carbocycles. The van der Waals surface area contributed by atoms with E-state index in [1.807, 2.05) is 0 Å². The van der Waals surface area contributed by atoms with Crippen LogP contribution in [0.25, 0.3) is 0 Å². The Morgan fingerprint density at radius 2 is 0.603 bits per heavy atom. The molecule has 0 aromatic rings. The Kier molecular flexibility index (Phi) is 31.4. The zero-order chi connectivity index (χ0) is 60.5. The van der Waals surface area contributed by atoms with Crippen LogP contribution in [0.4, 0.5) is 28.8 Å². The molecule has 458 valence electrons. The number of rotatable bonds is 30. The Labute approximate surface area is 471 Å². The van der Waals surface area contributed by atoms with Gasteiger partial charge in [-0.2, -0.15) is 8.42 Å². The highest BCUT2D eigenvalue weighted by Gasteiger charge is 2.31. The van der Waals surface area contributed by atoms with Crippen LogP contribution in [0.15, 0.2) is 0 Å². The van der Waals surface area contributed by atoms with E-state index in [9.17, 15) is 37.2 Å². The number of unbranched alkanes of at least 4 members (excludes halogenated alkanes) is 5. The molecule has 78 heavy (non-hydrogen) atoms. The smallest absolute Gasteiger partial charge is 0.410 e. The minimum absolute atomic E-state index is 0.0735. The van der Waals surface area contributed by atoms with E-state index in [1.54, 1.807) is 158 Å². The van der Waals surface area contributed by atoms with Gasteiger partial charge in [-0.05, 0) is 182 Å². The summed E-state index contributed by atoms with van der Waals surface area (Å²) in [6.45, 7) is 35.4. The third-order valence-electron chi connectivity index (χ3n) is 10.8. The molecule has 0 aliphatic rings. The van der Waals surface area contributed by atoms with Crippen LogP contribution >= 0.6 is 0 Å². The minimum atomic E-state index is -3.57. The lowest BCUT2D eigenvalue weighted by molar-refractivity contribution is 0.0113. The number of hydrogen-bond donors (Lipinski definition) is 0. The number of carbonyl (C=O) groups is 6. The maximum atomic E-state index is 14.1. The summed E-state index contributed by atoms with van der Waals surface area (Å²) in [6.07, 6.45) is 4.28. The number of amides is 6. The molecule has 21 nitrogen and oxygen atoms in total. The maximum absolute atomic E-state index is 14.1. The monoisotopic (exact) mass is 1140 g/mol. The van der Waals surface area contributed by atoms with Crippen LogP contribution in [0.2, 0.25) is 0 Å². The molecule has 0 N–H and O–H groups in total. The van der Waals surface area contributed by atoms with Crippen LogP contribution in [0, 0.1) is 5.92 Å². The third kappa shape index (κ3) is 39.8. The quantitative estimate of drug-likeness (QED) is 0.0371. The van der Waals surface area contributed by atoms with Gasteiger partial charge in [-0.25, -0.2) is 28.8 Å². The van der Waals surface area contributed by atoms with Gasteiger partial charge in [0.05, 0.1) is 12.9 Å². The van der Waals surface area contributed by atoms with E-state index >= 15 is 0 Å². The van der Waals surface area contributed by atoms with Gasteiger partial charge in [0.25, 0.3) is 10.1 Å². The first kappa shape index (κ1) is 73.5. The highest BCUT2D eigenvalue weighted by molar-refractivity contribution is 7.85. The second-order valence-electron chi connectivity index (χ2n) is 26.3. The Balaban J connectivity index is 6.71. The lowest BCUT2D eigenvalue weighted by Gasteiger charge is -2.34. The molecule has 0 unspecified atom stereocenters. The summed E-state index contributed by atoms with van der Waals surface area (Å²) < 4.78 is 62.5. The van der Waals surface area contributed by atoms with Gasteiger partial charge in [-0.15, -0.1) is 0 Å². The first-order valence-corrected chi connectivity index (χ1v) is 29.8. The maximum Gasteiger partial charge on any atom is 0.410 e. The van der Waals surface area contributed by atoms with Crippen LogP contribution in [0.5, 0.6) is 0 Å². The first-order valence-electron chi connectivity index (χ1n) is 28.0. The molecule has 0 radical (unpaired) electrons. The zero-order valence-electron chi connectivity index (χ0n) is 52.3. The molecular weight excluding hydrogens is 1030 g/mol. The van der Waals surface area contributed by atoms with E-state index in [1.165, 1.54) is 9.80 Å². The normalized spacial score (nSPS) is 12.6. The van der Waals surface area contributed by atoms with E-state index in [2.05, 4.69) is 0 Å². The zero-order valence-corrected chi connectivity index (χ0v) is 53.2. The standard InChI is InChI=1S/C56H108N6O15S/c1-51(2,3)72-45(63)57(19)33-30-39-59(47(65)74-53(7,8)9)35-25-27-37-61(49(67)76-55(13,14)15)42-44(32-24-22-23-29-41-71-78(21,69)70)43-62(50(68)77-56(16,17)18)38-28-26-36-60(48(66)75-54(10,11)12)40-31-34-58(20)46(64)73-52(4,5)6/h44H,22-43H2,1-21H3. The van der Waals surface area contributed by atoms with Crippen molar-refractivity contribution in [1.82, 2.24) is 29.4 Å². The molecular formula is C56H108N6O15S. The molecule has 0 aliphatic carbocycles. The predicted molar refractivity (Wildman–Crippen MR) is 304 cm³/mol. The molecule has 0 saturated heterocycles. The first-order chi connectivity index (χ1) is 35.4. The third-order valence-corrected chi connectivity index (χ3v) is 11.4. The van der Waals surface area contributed by atoms with Crippen LogP contribution in [-0.4, -0.2) is 200 Å². The summed E-state index contributed by atoms with van der Waals surface area (Å²) in [7, 11) is -0.268. The summed E-state index contributed by atoms with van der Waals surface area (Å²) in [4.78, 5) is 90.0. The molecule has 0 aliphatic heterocycles. The van der Waals surface area contributed by atoms with Gasteiger partial charge in [0, 0.05) is 79.5 Å². The van der Waals surface area contributed by atoms with E-state index in [0.717, 1.165) is 12.7 Å². The Hall–Kier alpha value is -4.47. The largest absolute Gasteiger partial charge is 0.444 e. The molecule has 0 bridgehead atoms. The average molecular weight is 1140 g/mol. The Morgan fingerprint density at radius 1 is 0.346 bits per heavy atom. The van der Waals surface area contributed by atoms with Crippen LogP contribution in [0.3, 0.4) is 0 Å². The van der Waals surface area contributed by atoms with Gasteiger partial charge in [0.1, 0.15) is 33.6 Å². The number of ether oxygens (including phenoxy) is 6. The summed E-state index contributed by atoms with van der Waals surface area (Å²) in [6, 6.07) is 0. The van der Waals surface area contributed by atoms with Crippen molar-refractivity contribution in [3.63, 3.8) is 0 Å². The summed E-state index contributed by atoms with van der Waals surface area (Å²) >= 11 is 0. The van der Waals surface area contributed by atoms with Crippen LogP contribution < -0.4 is 0 Å². The SMILES string of the molecule is CN(CCCN(CCCCN(CC(CCCCCCOS(C)(=O)=O)CN(CCCCN(CCCN(C)C(=O)OC(C)(C)C)C(=O)OC(C)(C)C)C(=O)OC(C)(C)C)C(=O)OC(C)(C)C)C(=O)OC(C)(C)C)C(=O)OC(C)(C)C. The fourth-order valence-electron chi connectivity index (χ4n) is 7.44. The van der Waals surface area contributed by atoms with Gasteiger partial charge in [-0.3, -0.25) is 4.18 Å². The summed E-state index contributed by atoms with van der Waals surface area (Å²) in [5, 5.41) is 0. The van der Waals surface area contributed by atoms with Gasteiger partial charge in [0.2, 0.25) is 0 Å². The Morgan fingerprint density at radius 3 is 0.897 bits per heavy atom. The summed E-state index contributed by atoms with van der Waals surface area (Å²) in [5.74, 6) is -0.266. The van der Waals surface area contributed by atoms with E-state index in [-0.39, 0.29) is 38.7 Å². The van der Waals surface area contributed by atoms with Crippen LogP contribution in [0.1, 0.15) is 195 Å². The fraction of sp³-hybridized carbons (Fsp3) is 0.893. The van der Waals surface area contributed by atoms with Gasteiger partial charge in [0.15, 0.2) is 0 Å². The second-order valence-corrected chi connectivity index (χ2v) is 28.0. The van der Waals surface area contributed by atoms with E-state index in [0.29, 0.717) is 103 Å². The second kappa shape index (κ2) is 33.3. The lowest BCUT2D eigenvalue weighted by Crippen LogP contribution is -2.45. The topological polar surface area (TPSA) is 221 Å². The molecule has 0 saturated carbocycles. The van der Waals surface area contributed by atoms with Crippen molar-refractivity contribution in [2.24, 2.45) is 5.92 Å². The van der Waals surface area contributed by atoms with Crippen molar-refractivity contribution in [1.29, 1.82) is 0 Å². The number of nitrogens with zero attached hydrogens (tertiary/aromatic N) is 6. The van der Waals surface area contributed by atoms with Crippen molar-refractivity contribution in [3.05, 3.63) is 0 Å². The van der Waals surface area contributed by atoms with Gasteiger partial charge >= 0.3 is 36.6 Å². The van der Waals surface area contributed by atoms with Gasteiger partial charge < -0.3 is 57.8 Å². The van der Waals surface area contributed by atoms with Crippen molar-refractivity contribution in [3.8, 4) is 0 Å². The Bertz CT molecular complexity index is 1810. The molecule has 0 fully saturated rings. The van der Waals surface area contributed by atoms with Crippen LogP contribution in [-0.2, 0) is 42.7 Å². The molecule has 6 amide bonds. The van der Waals surface area contributed by atoms with Crippen molar-refractivity contribution < 1.29 is 69.8 Å². The fourth-order valence-corrected chi connectivity index (χ4v) is 7.86. The van der Waals surface area contributed by atoms with E-state index in [4.69, 9.17) is 32.6 Å². The number of carbonyl (C=O) groups excluding carboxylic acids is 6. The minimum Gasteiger partial charge on any atom is -0.444 e.